The summed E-state index contributed by atoms with van der Waals surface area (Å²) in [4.78, 5) is 4.54. The van der Waals surface area contributed by atoms with Gasteiger partial charge in [0, 0.05) is 21.8 Å². The average molecular weight is 315 g/mol. The molecule has 0 aliphatic carbocycles. The molecule has 5 heteroatoms. The van der Waals surface area contributed by atoms with Crippen molar-refractivity contribution in [1.29, 1.82) is 0 Å². The first-order valence-electron chi connectivity index (χ1n) is 6.78. The van der Waals surface area contributed by atoms with Gasteiger partial charge in [0.15, 0.2) is 0 Å². The van der Waals surface area contributed by atoms with Crippen molar-refractivity contribution in [3.63, 3.8) is 0 Å². The van der Waals surface area contributed by atoms with Gasteiger partial charge >= 0.3 is 0 Å². The van der Waals surface area contributed by atoms with Gasteiger partial charge < -0.3 is 15.2 Å². The lowest BCUT2D eigenvalue weighted by atomic mass is 10.1. The third kappa shape index (κ3) is 2.65. The number of aromatic nitrogens is 1. The molecular weight excluding hydrogens is 300 g/mol. The predicted octanol–water partition coefficient (Wildman–Crippen LogP) is 4.65. The Bertz CT molecular complexity index is 849. The molecule has 0 unspecified atom stereocenters. The van der Waals surface area contributed by atoms with Gasteiger partial charge in [0.2, 0.25) is 0 Å². The maximum Gasteiger partial charge on any atom is 0.145 e. The smallest absolute Gasteiger partial charge is 0.145 e. The number of rotatable bonds is 3. The van der Waals surface area contributed by atoms with Crippen molar-refractivity contribution >= 4 is 33.9 Å². The number of nitrogens with zero attached hydrogens (tertiary/aromatic N) is 1. The summed E-state index contributed by atoms with van der Waals surface area (Å²) in [6, 6.07) is 12.5. The van der Waals surface area contributed by atoms with Crippen LogP contribution in [0.2, 0.25) is 5.02 Å². The third-order valence-corrected chi connectivity index (χ3v) is 3.61. The molecule has 3 aromatic rings. The number of para-hydroxylation sites is 1. The fourth-order valence-electron chi connectivity index (χ4n) is 2.37. The molecule has 112 valence electrons. The molecule has 0 saturated heterocycles. The van der Waals surface area contributed by atoms with Crippen molar-refractivity contribution in [2.45, 2.75) is 6.92 Å². The Hall–Kier alpha value is -2.46. The van der Waals surface area contributed by atoms with Crippen molar-refractivity contribution in [2.75, 3.05) is 12.4 Å². The van der Waals surface area contributed by atoms with E-state index in [0.717, 1.165) is 22.3 Å². The molecule has 0 bridgehead atoms. The van der Waals surface area contributed by atoms with E-state index in [4.69, 9.17) is 16.3 Å². The van der Waals surface area contributed by atoms with Crippen molar-refractivity contribution < 1.29 is 9.84 Å². The van der Waals surface area contributed by atoms with Gasteiger partial charge in [-0.1, -0.05) is 23.7 Å². The fourth-order valence-corrected chi connectivity index (χ4v) is 2.54. The molecule has 0 aliphatic rings. The number of pyridine rings is 1. The van der Waals surface area contributed by atoms with E-state index in [1.165, 1.54) is 0 Å². The van der Waals surface area contributed by atoms with Crippen LogP contribution >= 0.6 is 11.6 Å². The second-order valence-corrected chi connectivity index (χ2v) is 5.39. The first kappa shape index (κ1) is 14.5. The van der Waals surface area contributed by atoms with E-state index in [2.05, 4.69) is 10.3 Å². The van der Waals surface area contributed by atoms with Crippen LogP contribution in [0.3, 0.4) is 0 Å². The number of nitrogens with one attached hydrogen (secondary N) is 1. The van der Waals surface area contributed by atoms with Crippen LogP contribution in [-0.2, 0) is 0 Å². The zero-order valence-corrected chi connectivity index (χ0v) is 13.0. The molecule has 0 atom stereocenters. The molecule has 3 rings (SSSR count). The van der Waals surface area contributed by atoms with E-state index in [1.54, 1.807) is 25.3 Å². The van der Waals surface area contributed by atoms with Crippen molar-refractivity contribution in [3.8, 4) is 11.5 Å². The zero-order chi connectivity index (χ0) is 15.7. The first-order chi connectivity index (χ1) is 10.6. The molecule has 1 heterocycles. The number of fused-ring (bicyclic) bond motifs is 1. The Morgan fingerprint density at radius 3 is 2.73 bits per heavy atom. The molecule has 4 nitrogen and oxygen atoms in total. The lowest BCUT2D eigenvalue weighted by Gasteiger charge is -2.13. The predicted molar refractivity (Wildman–Crippen MR) is 89.4 cm³/mol. The molecule has 22 heavy (non-hydrogen) atoms. The van der Waals surface area contributed by atoms with E-state index < -0.39 is 0 Å². The summed E-state index contributed by atoms with van der Waals surface area (Å²) in [6.45, 7) is 1.91. The molecule has 2 aromatic carbocycles. The van der Waals surface area contributed by atoms with Gasteiger partial charge in [-0.15, -0.1) is 0 Å². The highest BCUT2D eigenvalue weighted by molar-refractivity contribution is 6.31. The summed E-state index contributed by atoms with van der Waals surface area (Å²) in [5.74, 6) is 0.842. The number of phenolic OH excluding ortho intramolecular Hbond substituents is 1. The van der Waals surface area contributed by atoms with Gasteiger partial charge in [-0.3, -0.25) is 0 Å². The normalized spacial score (nSPS) is 10.7. The van der Waals surface area contributed by atoms with Gasteiger partial charge in [-0.05, 0) is 37.3 Å². The monoisotopic (exact) mass is 314 g/mol. The molecule has 0 saturated carbocycles. The van der Waals surface area contributed by atoms with Crippen molar-refractivity contribution in [2.24, 2.45) is 0 Å². The van der Waals surface area contributed by atoms with Crippen LogP contribution in [0.25, 0.3) is 10.9 Å². The summed E-state index contributed by atoms with van der Waals surface area (Å²) in [6.07, 6.45) is 0. The van der Waals surface area contributed by atoms with Crippen LogP contribution in [-0.4, -0.2) is 17.2 Å². The highest BCUT2D eigenvalue weighted by Gasteiger charge is 2.10. The van der Waals surface area contributed by atoms with Crippen LogP contribution < -0.4 is 10.1 Å². The van der Waals surface area contributed by atoms with Gasteiger partial charge in [-0.2, -0.15) is 0 Å². The summed E-state index contributed by atoms with van der Waals surface area (Å²) in [7, 11) is 1.62. The topological polar surface area (TPSA) is 54.4 Å². The first-order valence-corrected chi connectivity index (χ1v) is 7.16. The molecular formula is C17H15ClN2O2. The molecule has 0 fully saturated rings. The van der Waals surface area contributed by atoms with Crippen LogP contribution in [0.15, 0.2) is 42.5 Å². The van der Waals surface area contributed by atoms with Gasteiger partial charge in [0.1, 0.15) is 17.0 Å². The van der Waals surface area contributed by atoms with E-state index in [9.17, 15) is 5.11 Å². The molecule has 0 amide bonds. The fraction of sp³-hybridized carbons (Fsp3) is 0.118. The Labute approximate surface area is 133 Å². The SMILES string of the molecule is COc1cccc2c(Nc3cc(Cl)ccc3O)cc(C)nc12. The Morgan fingerprint density at radius 2 is 1.95 bits per heavy atom. The number of halogens is 1. The minimum Gasteiger partial charge on any atom is -0.506 e. The number of ether oxygens (including phenoxy) is 1. The third-order valence-electron chi connectivity index (χ3n) is 3.38. The average Bonchev–Trinajstić information content (AvgIpc) is 2.50. The molecule has 0 spiro atoms. The number of anilines is 2. The highest BCUT2D eigenvalue weighted by atomic mass is 35.5. The van der Waals surface area contributed by atoms with Crippen LogP contribution in [0, 0.1) is 6.92 Å². The Balaban J connectivity index is 2.16. The summed E-state index contributed by atoms with van der Waals surface area (Å²) < 4.78 is 5.37. The lowest BCUT2D eigenvalue weighted by molar-refractivity contribution is 0.419. The molecule has 0 aliphatic heterocycles. The Morgan fingerprint density at radius 1 is 1.14 bits per heavy atom. The standard InChI is InChI=1S/C17H15ClN2O2/c1-10-8-13(20-14-9-11(18)6-7-15(14)21)12-4-3-5-16(22-2)17(12)19-10/h3-9,21H,1-2H3,(H,19,20). The van der Waals surface area contributed by atoms with E-state index in [-0.39, 0.29) is 5.75 Å². The largest absolute Gasteiger partial charge is 0.506 e. The number of hydrogen-bond donors (Lipinski definition) is 2. The second kappa shape index (κ2) is 5.73. The number of hydrogen-bond acceptors (Lipinski definition) is 4. The van der Waals surface area contributed by atoms with Gasteiger partial charge in [-0.25, -0.2) is 4.98 Å². The van der Waals surface area contributed by atoms with Crippen LogP contribution in [0.5, 0.6) is 11.5 Å². The second-order valence-electron chi connectivity index (χ2n) is 4.95. The van der Waals surface area contributed by atoms with Crippen LogP contribution in [0.4, 0.5) is 11.4 Å². The van der Waals surface area contributed by atoms with Gasteiger partial charge in [0.25, 0.3) is 0 Å². The van der Waals surface area contributed by atoms with Crippen LogP contribution in [0.1, 0.15) is 5.69 Å². The molecule has 2 N–H and O–H groups in total. The Kier molecular flexibility index (Phi) is 3.77. The van der Waals surface area contributed by atoms with E-state index in [1.807, 2.05) is 31.2 Å². The summed E-state index contributed by atoms with van der Waals surface area (Å²) in [5.41, 5.74) is 3.00. The number of methoxy groups -OCH3 is 1. The molecule has 0 radical (unpaired) electrons. The highest BCUT2D eigenvalue weighted by Crippen LogP contribution is 2.35. The maximum absolute atomic E-state index is 9.98. The summed E-state index contributed by atoms with van der Waals surface area (Å²) >= 11 is 6.00. The van der Waals surface area contributed by atoms with Crippen molar-refractivity contribution in [3.05, 3.63) is 53.2 Å². The maximum atomic E-state index is 9.98. The zero-order valence-electron chi connectivity index (χ0n) is 12.2. The number of benzene rings is 2. The van der Waals surface area contributed by atoms with Gasteiger partial charge in [0.05, 0.1) is 12.8 Å². The number of phenols is 1. The van der Waals surface area contributed by atoms with E-state index in [0.29, 0.717) is 16.5 Å². The minimum absolute atomic E-state index is 0.134. The molecule has 1 aromatic heterocycles. The summed E-state index contributed by atoms with van der Waals surface area (Å²) in [5, 5.41) is 14.7. The quantitative estimate of drug-likeness (QED) is 0.691. The minimum atomic E-state index is 0.134. The van der Waals surface area contributed by atoms with E-state index >= 15 is 0 Å². The number of aromatic hydroxyl groups is 1. The van der Waals surface area contributed by atoms with Crippen molar-refractivity contribution in [1.82, 2.24) is 4.98 Å². The number of aryl methyl sites for hydroxylation is 1. The lowest BCUT2D eigenvalue weighted by Crippen LogP contribution is -1.96.